The lowest BCUT2D eigenvalue weighted by Crippen LogP contribution is -2.45. The zero-order valence-electron chi connectivity index (χ0n) is 19.8. The Labute approximate surface area is 193 Å². The molecule has 0 saturated heterocycles. The summed E-state index contributed by atoms with van der Waals surface area (Å²) < 4.78 is 39.4. The van der Waals surface area contributed by atoms with Gasteiger partial charge >= 0.3 is 6.18 Å². The number of carbonyl (C=O) groups excluding carboxylic acids is 1. The molecule has 1 unspecified atom stereocenters. The van der Waals surface area contributed by atoms with Crippen molar-refractivity contribution in [3.63, 3.8) is 0 Å². The van der Waals surface area contributed by atoms with Crippen LogP contribution in [0.4, 0.5) is 19.0 Å². The number of anilines is 1. The van der Waals surface area contributed by atoms with E-state index in [0.29, 0.717) is 41.8 Å². The minimum atomic E-state index is -4.43. The van der Waals surface area contributed by atoms with Gasteiger partial charge in [-0.15, -0.1) is 0 Å². The highest BCUT2D eigenvalue weighted by Crippen LogP contribution is 2.33. The van der Waals surface area contributed by atoms with Crippen molar-refractivity contribution in [2.75, 3.05) is 18.9 Å². The average Bonchev–Trinajstić information content (AvgIpc) is 2.78. The first-order valence-corrected chi connectivity index (χ1v) is 11.6. The number of alkyl halides is 3. The molecule has 6 nitrogen and oxygen atoms in total. The Kier molecular flexibility index (Phi) is 8.15. The molecule has 1 saturated carbocycles. The van der Waals surface area contributed by atoms with Crippen molar-refractivity contribution >= 4 is 23.1 Å². The molecule has 1 fully saturated rings. The molecule has 1 N–H and O–H groups in total. The van der Waals surface area contributed by atoms with E-state index in [-0.39, 0.29) is 12.1 Å². The van der Waals surface area contributed by atoms with Crippen molar-refractivity contribution in [2.45, 2.75) is 83.2 Å². The van der Waals surface area contributed by atoms with Crippen LogP contribution in [0, 0.1) is 0 Å². The molecule has 0 spiro atoms. The van der Waals surface area contributed by atoms with E-state index in [1.54, 1.807) is 0 Å². The quantitative estimate of drug-likeness (QED) is 0.531. The lowest BCUT2D eigenvalue weighted by atomic mass is 9.89. The van der Waals surface area contributed by atoms with Crippen molar-refractivity contribution in [3.05, 3.63) is 30.1 Å². The van der Waals surface area contributed by atoms with Crippen molar-refractivity contribution in [1.82, 2.24) is 19.8 Å². The van der Waals surface area contributed by atoms with Gasteiger partial charge in [-0.05, 0) is 78.1 Å². The Hall–Kier alpha value is -2.42. The van der Waals surface area contributed by atoms with Crippen molar-refractivity contribution in [2.24, 2.45) is 0 Å². The molecule has 1 amide bonds. The number of carbonyl (C=O) groups is 1. The summed E-state index contributed by atoms with van der Waals surface area (Å²) in [6, 6.07) is 4.68. The van der Waals surface area contributed by atoms with Crippen LogP contribution >= 0.6 is 0 Å². The molecule has 0 aliphatic heterocycles. The molecule has 0 radical (unpaired) electrons. The van der Waals surface area contributed by atoms with Crippen LogP contribution in [0.2, 0.25) is 0 Å². The van der Waals surface area contributed by atoms with Gasteiger partial charge in [0.2, 0.25) is 6.41 Å². The van der Waals surface area contributed by atoms with Crippen LogP contribution in [-0.2, 0) is 11.0 Å². The average molecular weight is 466 g/mol. The van der Waals surface area contributed by atoms with Crippen molar-refractivity contribution in [3.8, 4) is 0 Å². The first kappa shape index (κ1) is 25.2. The third-order valence-corrected chi connectivity index (χ3v) is 6.83. The van der Waals surface area contributed by atoms with Gasteiger partial charge in [-0.2, -0.15) is 13.2 Å². The van der Waals surface area contributed by atoms with E-state index in [9.17, 15) is 18.0 Å². The number of nitrogens with zero attached hydrogens (tertiary/aromatic N) is 4. The van der Waals surface area contributed by atoms with E-state index in [1.807, 2.05) is 11.8 Å². The standard InChI is InChI=1S/C24H34F3N5O/c1-16(2)31(4)19-6-8-20(9-7-19)32(15-33)12-11-17(3)30-23-21-13-18(24(25,26)27)5-10-22(21)28-14-29-23/h5,10,13-17,19-20H,6-9,11-12H2,1-4H3,(H,28,29,30). The first-order valence-electron chi connectivity index (χ1n) is 11.6. The monoisotopic (exact) mass is 465 g/mol. The van der Waals surface area contributed by atoms with E-state index in [2.05, 4.69) is 41.1 Å². The molecule has 33 heavy (non-hydrogen) atoms. The predicted octanol–water partition coefficient (Wildman–Crippen LogP) is 4.95. The molecule has 1 aromatic carbocycles. The fourth-order valence-electron chi connectivity index (χ4n) is 4.54. The van der Waals surface area contributed by atoms with Crippen LogP contribution in [-0.4, -0.2) is 63.9 Å². The molecule has 1 heterocycles. The topological polar surface area (TPSA) is 61.4 Å². The lowest BCUT2D eigenvalue weighted by Gasteiger charge is -2.40. The van der Waals surface area contributed by atoms with Gasteiger partial charge in [0.05, 0.1) is 11.1 Å². The summed E-state index contributed by atoms with van der Waals surface area (Å²) in [4.78, 5) is 24.3. The zero-order chi connectivity index (χ0) is 24.2. The number of nitrogens with one attached hydrogen (secondary N) is 1. The number of amides is 1. The van der Waals surface area contributed by atoms with Crippen LogP contribution in [0.5, 0.6) is 0 Å². The Balaban J connectivity index is 1.59. The predicted molar refractivity (Wildman–Crippen MR) is 124 cm³/mol. The molecule has 3 rings (SSSR count). The fraction of sp³-hybridized carbons (Fsp3) is 0.625. The smallest absolute Gasteiger partial charge is 0.367 e. The summed E-state index contributed by atoms with van der Waals surface area (Å²) in [7, 11) is 2.16. The number of rotatable bonds is 9. The molecule has 9 heteroatoms. The largest absolute Gasteiger partial charge is 0.416 e. The third kappa shape index (κ3) is 6.34. The number of aromatic nitrogens is 2. The summed E-state index contributed by atoms with van der Waals surface area (Å²) in [5.74, 6) is 0.369. The summed E-state index contributed by atoms with van der Waals surface area (Å²) >= 11 is 0. The second-order valence-corrected chi connectivity index (χ2v) is 9.35. The SMILES string of the molecule is CC(CCN(C=O)C1CCC(N(C)C(C)C)CC1)Nc1ncnc2ccc(C(F)(F)F)cc12. The number of hydrogen-bond acceptors (Lipinski definition) is 5. The lowest BCUT2D eigenvalue weighted by molar-refractivity contribution is -0.137. The second kappa shape index (κ2) is 10.7. The van der Waals surface area contributed by atoms with Gasteiger partial charge in [-0.25, -0.2) is 9.97 Å². The Morgan fingerprint density at radius 2 is 1.79 bits per heavy atom. The first-order chi connectivity index (χ1) is 15.6. The molecule has 0 bridgehead atoms. The Morgan fingerprint density at radius 3 is 2.39 bits per heavy atom. The maximum atomic E-state index is 13.1. The van der Waals surface area contributed by atoms with Gasteiger partial charge in [0, 0.05) is 36.1 Å². The minimum Gasteiger partial charge on any atom is -0.367 e. The molecule has 1 aliphatic rings. The minimum absolute atomic E-state index is 0.0801. The van der Waals surface area contributed by atoms with Gasteiger partial charge < -0.3 is 15.1 Å². The number of halogens is 3. The normalized spacial score (nSPS) is 20.3. The Morgan fingerprint density at radius 1 is 1.12 bits per heavy atom. The highest BCUT2D eigenvalue weighted by molar-refractivity contribution is 5.89. The number of fused-ring (bicyclic) bond motifs is 1. The maximum Gasteiger partial charge on any atom is 0.416 e. The number of benzene rings is 1. The molecule has 1 aromatic heterocycles. The van der Waals surface area contributed by atoms with Gasteiger partial charge in [0.15, 0.2) is 0 Å². The molecule has 182 valence electrons. The van der Waals surface area contributed by atoms with Gasteiger partial charge in [-0.3, -0.25) is 4.79 Å². The second-order valence-electron chi connectivity index (χ2n) is 9.35. The van der Waals surface area contributed by atoms with Crippen molar-refractivity contribution < 1.29 is 18.0 Å². The van der Waals surface area contributed by atoms with Gasteiger partial charge in [0.1, 0.15) is 12.1 Å². The molecule has 1 atom stereocenters. The van der Waals surface area contributed by atoms with E-state index in [0.717, 1.165) is 44.2 Å². The molecular weight excluding hydrogens is 431 g/mol. The van der Waals surface area contributed by atoms with Crippen LogP contribution in [0.25, 0.3) is 10.9 Å². The molecule has 1 aliphatic carbocycles. The fourth-order valence-corrected chi connectivity index (χ4v) is 4.54. The highest BCUT2D eigenvalue weighted by Gasteiger charge is 2.31. The highest BCUT2D eigenvalue weighted by atomic mass is 19.4. The van der Waals surface area contributed by atoms with E-state index >= 15 is 0 Å². The molecule has 2 aromatic rings. The van der Waals surface area contributed by atoms with Crippen LogP contribution in [0.15, 0.2) is 24.5 Å². The summed E-state index contributed by atoms with van der Waals surface area (Å²) in [6.45, 7) is 6.93. The summed E-state index contributed by atoms with van der Waals surface area (Å²) in [6.07, 6.45) is 2.62. The van der Waals surface area contributed by atoms with Gasteiger partial charge in [0.25, 0.3) is 0 Å². The summed E-state index contributed by atoms with van der Waals surface area (Å²) in [5, 5.41) is 3.55. The third-order valence-electron chi connectivity index (χ3n) is 6.83. The van der Waals surface area contributed by atoms with Crippen LogP contribution in [0.3, 0.4) is 0 Å². The number of hydrogen-bond donors (Lipinski definition) is 1. The maximum absolute atomic E-state index is 13.1. The van der Waals surface area contributed by atoms with E-state index in [4.69, 9.17) is 0 Å². The molecular formula is C24H34F3N5O. The summed E-state index contributed by atoms with van der Waals surface area (Å²) in [5.41, 5.74) is -0.281. The van der Waals surface area contributed by atoms with E-state index in [1.165, 1.54) is 12.4 Å². The van der Waals surface area contributed by atoms with Crippen LogP contribution in [0.1, 0.15) is 58.4 Å². The zero-order valence-corrected chi connectivity index (χ0v) is 19.8. The van der Waals surface area contributed by atoms with Crippen molar-refractivity contribution in [1.29, 1.82) is 0 Å². The van der Waals surface area contributed by atoms with Crippen LogP contribution < -0.4 is 5.32 Å². The Bertz CT molecular complexity index is 928. The van der Waals surface area contributed by atoms with Gasteiger partial charge in [-0.1, -0.05) is 0 Å². The van der Waals surface area contributed by atoms with E-state index < -0.39 is 11.7 Å².